The molecule has 0 spiro atoms. The molecule has 0 unspecified atom stereocenters. The van der Waals surface area contributed by atoms with Crippen molar-refractivity contribution in [2.75, 3.05) is 64.1 Å². The molecule has 202 valence electrons. The third-order valence-corrected chi connectivity index (χ3v) is 9.36. The zero-order valence-electron chi connectivity index (χ0n) is 21.4. The van der Waals surface area contributed by atoms with Crippen molar-refractivity contribution in [1.29, 1.82) is 0 Å². The molecule has 38 heavy (non-hydrogen) atoms. The highest BCUT2D eigenvalue weighted by Crippen LogP contribution is 2.33. The average molecular weight is 558 g/mol. The number of likely N-dealkylation sites (N-methyl/N-ethyl adjacent to an activating group) is 1. The molecule has 2 N–H and O–H groups in total. The van der Waals surface area contributed by atoms with Crippen LogP contribution in [0.1, 0.15) is 18.4 Å². The Morgan fingerprint density at radius 3 is 2.55 bits per heavy atom. The van der Waals surface area contributed by atoms with E-state index in [1.165, 1.54) is 11.3 Å². The number of aromatic nitrogens is 2. The fourth-order valence-corrected chi connectivity index (χ4v) is 6.43. The molecular formula is C25H31N7O4S2. The highest BCUT2D eigenvalue weighted by Gasteiger charge is 2.36. The van der Waals surface area contributed by atoms with E-state index in [0.29, 0.717) is 60.2 Å². The number of benzene rings is 1. The smallest absolute Gasteiger partial charge is 0.278 e. The number of rotatable bonds is 10. The minimum absolute atomic E-state index is 0.181. The third kappa shape index (κ3) is 6.29. The molecule has 2 fully saturated rings. The van der Waals surface area contributed by atoms with Crippen molar-refractivity contribution in [1.82, 2.24) is 19.9 Å². The van der Waals surface area contributed by atoms with Crippen LogP contribution < -0.4 is 10.6 Å². The molecule has 0 atom stereocenters. The first-order valence-corrected chi connectivity index (χ1v) is 14.9. The van der Waals surface area contributed by atoms with Gasteiger partial charge in [-0.15, -0.1) is 0 Å². The van der Waals surface area contributed by atoms with Crippen LogP contribution in [0, 0.1) is 0 Å². The number of pyridine rings is 1. The van der Waals surface area contributed by atoms with Crippen LogP contribution in [-0.2, 0) is 19.4 Å². The van der Waals surface area contributed by atoms with E-state index in [1.807, 2.05) is 26.2 Å². The number of morpholine rings is 1. The first kappa shape index (κ1) is 26.5. The lowest BCUT2D eigenvalue weighted by atomic mass is 10.1. The van der Waals surface area contributed by atoms with Crippen molar-refractivity contribution in [3.8, 4) is 0 Å². The van der Waals surface area contributed by atoms with Crippen LogP contribution in [0.15, 0.2) is 46.4 Å². The van der Waals surface area contributed by atoms with Crippen molar-refractivity contribution < 1.29 is 17.9 Å². The van der Waals surface area contributed by atoms with Crippen molar-refractivity contribution in [2.24, 2.45) is 5.10 Å². The summed E-state index contributed by atoms with van der Waals surface area (Å²) >= 11 is 1.28. The van der Waals surface area contributed by atoms with Gasteiger partial charge in [-0.2, -0.15) is 5.10 Å². The van der Waals surface area contributed by atoms with E-state index in [9.17, 15) is 13.2 Å². The molecule has 0 radical (unpaired) electrons. The maximum absolute atomic E-state index is 13.4. The minimum atomic E-state index is -3.32. The summed E-state index contributed by atoms with van der Waals surface area (Å²) in [7, 11) is 0.700. The number of thiazole rings is 1. The Morgan fingerprint density at radius 2 is 1.87 bits per heavy atom. The zero-order chi connectivity index (χ0) is 26.7. The molecule has 1 aromatic carbocycles. The molecule has 3 aromatic rings. The van der Waals surface area contributed by atoms with Crippen molar-refractivity contribution in [2.45, 2.75) is 23.0 Å². The van der Waals surface area contributed by atoms with Gasteiger partial charge in [0, 0.05) is 18.7 Å². The van der Waals surface area contributed by atoms with Gasteiger partial charge in [-0.25, -0.2) is 18.4 Å². The number of sulfone groups is 1. The number of nitrogens with one attached hydrogen (secondary N) is 2. The number of ether oxygens (including phenoxy) is 1. The number of carbonyl (C=O) groups is 1. The van der Waals surface area contributed by atoms with Gasteiger partial charge in [0.05, 0.1) is 36.4 Å². The molecular weight excluding hydrogens is 526 g/mol. The Bertz CT molecular complexity index is 1430. The van der Waals surface area contributed by atoms with Crippen LogP contribution in [0.5, 0.6) is 0 Å². The van der Waals surface area contributed by atoms with Gasteiger partial charge in [-0.05, 0) is 51.2 Å². The average Bonchev–Trinajstić information content (AvgIpc) is 3.69. The number of nitrogens with zero attached hydrogens (tertiary/aromatic N) is 5. The quantitative estimate of drug-likeness (QED) is 0.361. The summed E-state index contributed by atoms with van der Waals surface area (Å²) in [5.74, 6) is 0.314. The Labute approximate surface area is 225 Å². The molecule has 5 rings (SSSR count). The summed E-state index contributed by atoms with van der Waals surface area (Å²) in [5.41, 5.74) is 1.39. The number of fused-ring (bicyclic) bond motifs is 1. The first-order valence-electron chi connectivity index (χ1n) is 12.5. The molecule has 13 heteroatoms. The SMILES string of the molecule is CN(C)CCNc1ccc2nc(NC(=O)/C(=N/N3CCOCC3)c3ccc(S(=O)(=O)C4CC4)cc3)sc2n1. The van der Waals surface area contributed by atoms with Gasteiger partial charge in [0.2, 0.25) is 0 Å². The molecule has 3 heterocycles. The molecule has 1 saturated carbocycles. The van der Waals surface area contributed by atoms with E-state index in [1.54, 1.807) is 29.3 Å². The molecule has 2 aliphatic rings. The molecule has 1 amide bonds. The maximum atomic E-state index is 13.4. The summed E-state index contributed by atoms with van der Waals surface area (Å²) in [4.78, 5) is 25.6. The van der Waals surface area contributed by atoms with Gasteiger partial charge in [-0.1, -0.05) is 23.5 Å². The summed E-state index contributed by atoms with van der Waals surface area (Å²) in [6.07, 6.45) is 1.39. The Hall–Kier alpha value is -3.13. The number of hydrogen-bond acceptors (Lipinski definition) is 11. The monoisotopic (exact) mass is 557 g/mol. The summed E-state index contributed by atoms with van der Waals surface area (Å²) in [6, 6.07) is 10.1. The predicted molar refractivity (Wildman–Crippen MR) is 149 cm³/mol. The Morgan fingerprint density at radius 1 is 1.13 bits per heavy atom. The number of carbonyl (C=O) groups excluding carboxylic acids is 1. The van der Waals surface area contributed by atoms with Crippen LogP contribution in [0.3, 0.4) is 0 Å². The van der Waals surface area contributed by atoms with Crippen molar-refractivity contribution in [3.05, 3.63) is 42.0 Å². The van der Waals surface area contributed by atoms with Gasteiger partial charge in [0.15, 0.2) is 20.7 Å². The van der Waals surface area contributed by atoms with E-state index in [0.717, 1.165) is 18.9 Å². The molecule has 1 saturated heterocycles. The summed E-state index contributed by atoms with van der Waals surface area (Å²) in [6.45, 7) is 3.79. The standard InChI is InChI=1S/C25H31N7O4S2/c1-31(2)12-11-26-21-10-9-20-24(28-21)37-25(27-20)29-23(33)22(30-32-13-15-36-16-14-32)17-3-5-18(6-4-17)38(34,35)19-7-8-19/h3-6,9-10,19H,7-8,11-16H2,1-2H3,(H,26,28)(H,27,29,33)/b30-22+. The Kier molecular flexibility index (Phi) is 7.88. The van der Waals surface area contributed by atoms with Crippen LogP contribution in [0.25, 0.3) is 10.3 Å². The lowest BCUT2D eigenvalue weighted by molar-refractivity contribution is -0.110. The third-order valence-electron chi connectivity index (χ3n) is 6.20. The Balaban J connectivity index is 1.36. The van der Waals surface area contributed by atoms with Gasteiger partial charge in [0.25, 0.3) is 5.91 Å². The second-order valence-corrected chi connectivity index (χ2v) is 12.7. The highest BCUT2D eigenvalue weighted by atomic mass is 32.2. The molecule has 1 aliphatic heterocycles. The molecule has 11 nitrogen and oxygen atoms in total. The molecule has 1 aliphatic carbocycles. The fourth-order valence-electron chi connectivity index (χ4n) is 3.94. The highest BCUT2D eigenvalue weighted by molar-refractivity contribution is 7.92. The lowest BCUT2D eigenvalue weighted by Gasteiger charge is -2.24. The van der Waals surface area contributed by atoms with E-state index in [2.05, 4.69) is 30.6 Å². The van der Waals surface area contributed by atoms with Crippen LogP contribution in [-0.4, -0.2) is 98.7 Å². The van der Waals surface area contributed by atoms with Crippen molar-refractivity contribution >= 4 is 54.1 Å². The lowest BCUT2D eigenvalue weighted by Crippen LogP contribution is -2.35. The van der Waals surface area contributed by atoms with Gasteiger partial charge in [0.1, 0.15) is 16.2 Å². The normalized spacial score (nSPS) is 16.7. The van der Waals surface area contributed by atoms with E-state index in [4.69, 9.17) is 4.74 Å². The predicted octanol–water partition coefficient (Wildman–Crippen LogP) is 2.28. The zero-order valence-corrected chi connectivity index (χ0v) is 23.0. The summed E-state index contributed by atoms with van der Waals surface area (Å²) < 4.78 is 30.6. The van der Waals surface area contributed by atoms with Crippen LogP contribution >= 0.6 is 11.3 Å². The van der Waals surface area contributed by atoms with Crippen molar-refractivity contribution in [3.63, 3.8) is 0 Å². The van der Waals surface area contributed by atoms with Gasteiger partial charge < -0.3 is 15.0 Å². The molecule has 0 bridgehead atoms. The molecule has 2 aromatic heterocycles. The van der Waals surface area contributed by atoms with E-state index < -0.39 is 15.7 Å². The second kappa shape index (κ2) is 11.3. The number of hydrogen-bond donors (Lipinski definition) is 2. The topological polar surface area (TPSA) is 129 Å². The first-order chi connectivity index (χ1) is 18.3. The number of hydrazone groups is 1. The van der Waals surface area contributed by atoms with Crippen LogP contribution in [0.4, 0.5) is 10.9 Å². The second-order valence-electron chi connectivity index (χ2n) is 9.51. The number of anilines is 2. The van der Waals surface area contributed by atoms with Gasteiger partial charge in [-0.3, -0.25) is 15.1 Å². The van der Waals surface area contributed by atoms with Crippen LogP contribution in [0.2, 0.25) is 0 Å². The maximum Gasteiger partial charge on any atom is 0.278 e. The fraction of sp³-hybridized carbons (Fsp3) is 0.440. The van der Waals surface area contributed by atoms with E-state index in [-0.39, 0.29) is 15.9 Å². The van der Waals surface area contributed by atoms with Gasteiger partial charge >= 0.3 is 0 Å². The van der Waals surface area contributed by atoms with E-state index >= 15 is 0 Å². The minimum Gasteiger partial charge on any atom is -0.378 e. The largest absolute Gasteiger partial charge is 0.378 e. The summed E-state index contributed by atoms with van der Waals surface area (Å²) in [5, 5.41) is 12.7. The number of amides is 1.